The molecule has 216 valence electrons. The molecule has 0 aliphatic carbocycles. The van der Waals surface area contributed by atoms with Crippen LogP contribution < -0.4 is 0 Å². The standard InChI is InChI=1S/C31H23ClN4O7/c32-26-23-27(34-17-33-26)36(18-35-23)28-25(43-31(39)21-14-8-3-9-15-21)24(42-30(38)20-12-6-2-7-13-20)22(41-28)16-40-29(37)19-10-4-1-5-11-19/h1-15,17-18,22,24-25,28H,16H2/t22-,24-,25-,28-/m1/s1. The van der Waals surface area contributed by atoms with Crippen LogP contribution in [0.2, 0.25) is 5.15 Å². The lowest BCUT2D eigenvalue weighted by molar-refractivity contribution is -0.0606. The third-order valence-electron chi connectivity index (χ3n) is 6.77. The molecule has 0 unspecified atom stereocenters. The summed E-state index contributed by atoms with van der Waals surface area (Å²) in [7, 11) is 0. The Bertz CT molecular complexity index is 1750. The monoisotopic (exact) mass is 598 g/mol. The Morgan fingerprint density at radius 3 is 1.84 bits per heavy atom. The molecule has 0 spiro atoms. The van der Waals surface area contributed by atoms with Gasteiger partial charge in [-0.15, -0.1) is 0 Å². The van der Waals surface area contributed by atoms with E-state index in [-0.39, 0.29) is 28.4 Å². The van der Waals surface area contributed by atoms with Crippen molar-refractivity contribution in [2.24, 2.45) is 0 Å². The number of halogens is 1. The predicted octanol–water partition coefficient (Wildman–Crippen LogP) is 4.69. The van der Waals surface area contributed by atoms with E-state index in [4.69, 9.17) is 30.5 Å². The van der Waals surface area contributed by atoms with Crippen LogP contribution in [0.25, 0.3) is 11.2 Å². The van der Waals surface area contributed by atoms with Crippen LogP contribution in [0, 0.1) is 0 Å². The predicted molar refractivity (Wildman–Crippen MR) is 152 cm³/mol. The highest BCUT2D eigenvalue weighted by Gasteiger charge is 2.51. The van der Waals surface area contributed by atoms with Gasteiger partial charge in [-0.1, -0.05) is 66.2 Å². The van der Waals surface area contributed by atoms with Crippen LogP contribution in [0.1, 0.15) is 37.3 Å². The van der Waals surface area contributed by atoms with E-state index in [1.165, 1.54) is 17.2 Å². The molecule has 1 aliphatic rings. The molecule has 1 aliphatic heterocycles. The van der Waals surface area contributed by atoms with Crippen molar-refractivity contribution in [3.05, 3.63) is 125 Å². The van der Waals surface area contributed by atoms with Crippen LogP contribution in [0.15, 0.2) is 104 Å². The number of carbonyl (C=O) groups excluding carboxylic acids is 3. The number of hydrogen-bond acceptors (Lipinski definition) is 10. The van der Waals surface area contributed by atoms with Gasteiger partial charge in [0.1, 0.15) is 24.6 Å². The van der Waals surface area contributed by atoms with Crippen molar-refractivity contribution < 1.29 is 33.3 Å². The zero-order valence-corrected chi connectivity index (χ0v) is 23.1. The van der Waals surface area contributed by atoms with Crippen molar-refractivity contribution >= 4 is 40.7 Å². The molecular weight excluding hydrogens is 576 g/mol. The average Bonchev–Trinajstić information content (AvgIpc) is 3.63. The highest BCUT2D eigenvalue weighted by molar-refractivity contribution is 6.33. The normalized spacial score (nSPS) is 19.6. The minimum Gasteiger partial charge on any atom is -0.459 e. The fraction of sp³-hybridized carbons (Fsp3) is 0.161. The number of ether oxygens (including phenoxy) is 4. The second kappa shape index (κ2) is 12.4. The number of fused-ring (bicyclic) bond motifs is 1. The average molecular weight is 599 g/mol. The van der Waals surface area contributed by atoms with E-state index in [1.54, 1.807) is 91.0 Å². The summed E-state index contributed by atoms with van der Waals surface area (Å²) in [6, 6.07) is 25.1. The number of esters is 3. The summed E-state index contributed by atoms with van der Waals surface area (Å²) in [5.74, 6) is -1.97. The van der Waals surface area contributed by atoms with Crippen molar-refractivity contribution in [3.8, 4) is 0 Å². The van der Waals surface area contributed by atoms with Gasteiger partial charge in [0, 0.05) is 0 Å². The van der Waals surface area contributed by atoms with Crippen molar-refractivity contribution in [2.45, 2.75) is 24.5 Å². The highest BCUT2D eigenvalue weighted by Crippen LogP contribution is 2.37. The molecule has 11 nitrogen and oxygen atoms in total. The van der Waals surface area contributed by atoms with Crippen LogP contribution >= 0.6 is 11.6 Å². The molecule has 12 heteroatoms. The molecular formula is C31H23ClN4O7. The van der Waals surface area contributed by atoms with Gasteiger partial charge in [0.05, 0.1) is 23.0 Å². The van der Waals surface area contributed by atoms with Gasteiger partial charge in [-0.25, -0.2) is 29.3 Å². The number of rotatable bonds is 8. The van der Waals surface area contributed by atoms with Crippen LogP contribution in [0.5, 0.6) is 0 Å². The summed E-state index contributed by atoms with van der Waals surface area (Å²) < 4.78 is 25.3. The van der Waals surface area contributed by atoms with Crippen molar-refractivity contribution in [1.29, 1.82) is 0 Å². The Labute approximate surface area is 250 Å². The third-order valence-corrected chi connectivity index (χ3v) is 7.04. The highest BCUT2D eigenvalue weighted by atomic mass is 35.5. The molecule has 1 saturated heterocycles. The van der Waals surface area contributed by atoms with Gasteiger partial charge in [-0.3, -0.25) is 4.57 Å². The molecule has 2 aromatic heterocycles. The molecule has 0 N–H and O–H groups in total. The Kier molecular flexibility index (Phi) is 8.07. The van der Waals surface area contributed by atoms with E-state index < -0.39 is 42.4 Å². The summed E-state index contributed by atoms with van der Waals surface area (Å²) in [4.78, 5) is 51.9. The van der Waals surface area contributed by atoms with Crippen LogP contribution in [-0.2, 0) is 18.9 Å². The van der Waals surface area contributed by atoms with E-state index in [9.17, 15) is 14.4 Å². The SMILES string of the molecule is O=C(OC[C@H]1O[C@@H](n2cnc3c(Cl)ncnc32)[C@H](OC(=O)c2ccccc2)[C@@H]1OC(=O)c1ccccc1)c1ccccc1. The minimum absolute atomic E-state index is 0.111. The zero-order valence-electron chi connectivity index (χ0n) is 22.4. The summed E-state index contributed by atoms with van der Waals surface area (Å²) >= 11 is 6.23. The van der Waals surface area contributed by atoms with Gasteiger partial charge < -0.3 is 18.9 Å². The first-order valence-electron chi connectivity index (χ1n) is 13.2. The number of carbonyl (C=O) groups is 3. The number of hydrogen-bond donors (Lipinski definition) is 0. The molecule has 5 aromatic rings. The van der Waals surface area contributed by atoms with Gasteiger partial charge in [0.15, 0.2) is 29.2 Å². The molecule has 3 heterocycles. The first-order valence-corrected chi connectivity index (χ1v) is 13.6. The molecule has 0 saturated carbocycles. The Morgan fingerprint density at radius 1 is 0.721 bits per heavy atom. The van der Waals surface area contributed by atoms with E-state index >= 15 is 0 Å². The van der Waals surface area contributed by atoms with Crippen molar-refractivity contribution in [3.63, 3.8) is 0 Å². The molecule has 3 aromatic carbocycles. The Balaban J connectivity index is 1.37. The first-order chi connectivity index (χ1) is 21.0. The van der Waals surface area contributed by atoms with Gasteiger partial charge in [0.2, 0.25) is 0 Å². The van der Waals surface area contributed by atoms with Crippen LogP contribution in [0.3, 0.4) is 0 Å². The molecule has 0 radical (unpaired) electrons. The van der Waals surface area contributed by atoms with E-state index in [0.717, 1.165) is 0 Å². The van der Waals surface area contributed by atoms with Gasteiger partial charge in [-0.05, 0) is 36.4 Å². The quantitative estimate of drug-likeness (QED) is 0.141. The molecule has 0 bridgehead atoms. The number of aromatic nitrogens is 4. The number of nitrogens with zero attached hydrogens (tertiary/aromatic N) is 4. The topological polar surface area (TPSA) is 132 Å². The summed E-state index contributed by atoms with van der Waals surface area (Å²) in [6.07, 6.45) is -1.90. The lowest BCUT2D eigenvalue weighted by Gasteiger charge is -2.25. The Hall–Kier alpha value is -5.13. The zero-order chi connectivity index (χ0) is 29.8. The largest absolute Gasteiger partial charge is 0.459 e. The number of benzene rings is 3. The number of imidazole rings is 1. The Morgan fingerprint density at radius 2 is 1.26 bits per heavy atom. The van der Waals surface area contributed by atoms with Gasteiger partial charge >= 0.3 is 17.9 Å². The molecule has 0 amide bonds. The van der Waals surface area contributed by atoms with E-state index in [2.05, 4.69) is 15.0 Å². The fourth-order valence-electron chi connectivity index (χ4n) is 4.69. The maximum atomic E-state index is 13.3. The fourth-order valence-corrected chi connectivity index (χ4v) is 4.87. The van der Waals surface area contributed by atoms with Crippen molar-refractivity contribution in [2.75, 3.05) is 6.61 Å². The lowest BCUT2D eigenvalue weighted by Crippen LogP contribution is -2.41. The minimum atomic E-state index is -1.22. The second-order valence-corrected chi connectivity index (χ2v) is 9.85. The van der Waals surface area contributed by atoms with Gasteiger partial charge in [-0.2, -0.15) is 0 Å². The third kappa shape index (κ3) is 5.94. The molecule has 4 atom stereocenters. The maximum Gasteiger partial charge on any atom is 0.338 e. The smallest absolute Gasteiger partial charge is 0.338 e. The second-order valence-electron chi connectivity index (χ2n) is 9.49. The van der Waals surface area contributed by atoms with Crippen molar-refractivity contribution in [1.82, 2.24) is 19.5 Å². The van der Waals surface area contributed by atoms with Gasteiger partial charge in [0.25, 0.3) is 0 Å². The summed E-state index contributed by atoms with van der Waals surface area (Å²) in [6.45, 7) is -0.321. The maximum absolute atomic E-state index is 13.3. The van der Waals surface area contributed by atoms with E-state index in [1.807, 2.05) is 0 Å². The summed E-state index contributed by atoms with van der Waals surface area (Å²) in [5.41, 5.74) is 1.45. The molecule has 1 fully saturated rings. The van der Waals surface area contributed by atoms with Crippen LogP contribution in [0.4, 0.5) is 0 Å². The summed E-state index contributed by atoms with van der Waals surface area (Å²) in [5, 5.41) is 0.111. The van der Waals surface area contributed by atoms with Crippen LogP contribution in [-0.4, -0.2) is 62.3 Å². The lowest BCUT2D eigenvalue weighted by atomic mass is 10.1. The molecule has 6 rings (SSSR count). The molecule has 43 heavy (non-hydrogen) atoms. The van der Waals surface area contributed by atoms with E-state index in [0.29, 0.717) is 11.2 Å². The first kappa shape index (κ1) is 28.0.